The summed E-state index contributed by atoms with van der Waals surface area (Å²) in [5, 5.41) is 7.66. The van der Waals surface area contributed by atoms with E-state index in [1.165, 1.54) is 43.4 Å². The van der Waals surface area contributed by atoms with Crippen LogP contribution in [0.15, 0.2) is 168 Å². The van der Waals surface area contributed by atoms with Crippen LogP contribution in [-0.2, 0) is 0 Å². The number of hydrogen-bond donors (Lipinski definition) is 0. The van der Waals surface area contributed by atoms with Crippen LogP contribution in [0.4, 0.5) is 11.6 Å². The van der Waals surface area contributed by atoms with Crippen LogP contribution in [0.25, 0.3) is 38.4 Å². The van der Waals surface area contributed by atoms with Gasteiger partial charge in [0.05, 0.1) is 0 Å². The SMILES string of the molecule is CN1c2c(oc3ccccc23)N2C=C(c3cc(-c4cccc5ccccc45)cc(P(c4ccccc4)c4ccccc4)c3)C=CC12. The third-order valence-corrected chi connectivity index (χ3v) is 11.6. The van der Waals surface area contributed by atoms with E-state index >= 15 is 0 Å². The maximum atomic E-state index is 6.46. The molecule has 4 heteroatoms. The highest BCUT2D eigenvalue weighted by Crippen LogP contribution is 2.48. The Kier molecular flexibility index (Phi) is 6.40. The fourth-order valence-electron chi connectivity index (χ4n) is 7.02. The molecule has 0 radical (unpaired) electrons. The van der Waals surface area contributed by atoms with Gasteiger partial charge < -0.3 is 9.32 Å². The molecule has 46 heavy (non-hydrogen) atoms. The molecule has 2 aliphatic rings. The molecule has 1 atom stereocenters. The van der Waals surface area contributed by atoms with E-state index in [2.05, 4.69) is 175 Å². The Morgan fingerprint density at radius 3 is 2.04 bits per heavy atom. The lowest BCUT2D eigenvalue weighted by atomic mass is 9.94. The molecule has 1 unspecified atom stereocenters. The van der Waals surface area contributed by atoms with Gasteiger partial charge in [0.15, 0.2) is 0 Å². The van der Waals surface area contributed by atoms with Gasteiger partial charge in [0, 0.05) is 18.6 Å². The average molecular weight is 611 g/mol. The van der Waals surface area contributed by atoms with Crippen molar-refractivity contribution in [1.82, 2.24) is 0 Å². The van der Waals surface area contributed by atoms with Crippen molar-refractivity contribution >= 4 is 62.7 Å². The van der Waals surface area contributed by atoms with Crippen LogP contribution in [0, 0.1) is 0 Å². The van der Waals surface area contributed by atoms with Crippen molar-refractivity contribution in [1.29, 1.82) is 0 Å². The molecule has 6 aromatic carbocycles. The second-order valence-electron chi connectivity index (χ2n) is 11.9. The number of hydrogen-bond acceptors (Lipinski definition) is 3. The quantitative estimate of drug-likeness (QED) is 0.181. The van der Waals surface area contributed by atoms with Gasteiger partial charge in [-0.15, -0.1) is 0 Å². The number of fused-ring (bicyclic) bond motifs is 6. The summed E-state index contributed by atoms with van der Waals surface area (Å²) in [5.41, 5.74) is 6.89. The predicted molar refractivity (Wildman–Crippen MR) is 196 cm³/mol. The van der Waals surface area contributed by atoms with Crippen molar-refractivity contribution in [2.45, 2.75) is 6.17 Å². The van der Waals surface area contributed by atoms with E-state index in [-0.39, 0.29) is 6.17 Å². The molecule has 0 fully saturated rings. The molecule has 0 saturated carbocycles. The fourth-order valence-corrected chi connectivity index (χ4v) is 9.40. The number of likely N-dealkylation sites (N-methyl/N-ethyl adjacent to an activating group) is 1. The van der Waals surface area contributed by atoms with Gasteiger partial charge in [-0.1, -0.05) is 121 Å². The third-order valence-electron chi connectivity index (χ3n) is 9.19. The molecule has 3 heterocycles. The summed E-state index contributed by atoms with van der Waals surface area (Å²) < 4.78 is 6.46. The Morgan fingerprint density at radius 1 is 0.609 bits per heavy atom. The molecule has 2 aliphatic heterocycles. The summed E-state index contributed by atoms with van der Waals surface area (Å²) in [6, 6.07) is 52.8. The Hall–Kier alpha value is -5.37. The van der Waals surface area contributed by atoms with E-state index in [1.54, 1.807) is 0 Å². The second-order valence-corrected chi connectivity index (χ2v) is 14.1. The number of rotatable bonds is 5. The molecule has 0 saturated heterocycles. The van der Waals surface area contributed by atoms with Crippen molar-refractivity contribution in [3.8, 4) is 11.1 Å². The highest BCUT2D eigenvalue weighted by molar-refractivity contribution is 7.79. The number of anilines is 2. The normalized spacial score (nSPS) is 15.4. The molecule has 220 valence electrons. The number of furan rings is 1. The number of benzene rings is 6. The molecule has 7 aromatic rings. The molecule has 0 spiro atoms. The van der Waals surface area contributed by atoms with E-state index in [0.29, 0.717) is 0 Å². The molecule has 3 nitrogen and oxygen atoms in total. The minimum atomic E-state index is -0.799. The number of nitrogens with zero attached hydrogens (tertiary/aromatic N) is 2. The van der Waals surface area contributed by atoms with Gasteiger partial charge in [-0.2, -0.15) is 0 Å². The van der Waals surface area contributed by atoms with Crippen LogP contribution in [0.5, 0.6) is 0 Å². The summed E-state index contributed by atoms with van der Waals surface area (Å²) in [6.07, 6.45) is 6.93. The summed E-state index contributed by atoms with van der Waals surface area (Å²) in [5.74, 6) is 0.900. The standard InChI is InChI=1S/C42H31N2OP/c1-43-40-24-23-30(28-44(40)42-41(43)38-20-10-11-22-39(38)45-42)31-25-32(37-21-12-14-29-13-8-9-19-36(29)37)27-35(26-31)46(33-15-4-2-5-16-33)34-17-6-3-7-18-34/h2-28,40H,1H3. The Balaban J connectivity index is 1.25. The van der Waals surface area contributed by atoms with Gasteiger partial charge in [-0.3, -0.25) is 4.90 Å². The van der Waals surface area contributed by atoms with Crippen molar-refractivity contribution in [3.63, 3.8) is 0 Å². The number of allylic oxidation sites excluding steroid dienone is 2. The summed E-state index contributed by atoms with van der Waals surface area (Å²) >= 11 is 0. The zero-order chi connectivity index (χ0) is 30.6. The lowest BCUT2D eigenvalue weighted by Gasteiger charge is -2.29. The molecule has 1 aromatic heterocycles. The Bertz CT molecular complexity index is 2260. The molecular weight excluding hydrogens is 579 g/mol. The molecule has 0 N–H and O–H groups in total. The summed E-state index contributed by atoms with van der Waals surface area (Å²) in [7, 11) is 1.35. The molecular formula is C42H31N2OP. The van der Waals surface area contributed by atoms with Gasteiger partial charge in [0.1, 0.15) is 17.4 Å². The first-order chi connectivity index (χ1) is 22.7. The first kappa shape index (κ1) is 27.0. The summed E-state index contributed by atoms with van der Waals surface area (Å²) in [4.78, 5) is 4.60. The van der Waals surface area contributed by atoms with Crippen molar-refractivity contribution < 1.29 is 4.42 Å². The van der Waals surface area contributed by atoms with Crippen LogP contribution >= 0.6 is 7.92 Å². The molecule has 0 aliphatic carbocycles. The second kappa shape index (κ2) is 10.9. The van der Waals surface area contributed by atoms with Crippen molar-refractivity contribution in [2.75, 3.05) is 16.8 Å². The van der Waals surface area contributed by atoms with E-state index in [1.807, 2.05) is 6.07 Å². The minimum Gasteiger partial charge on any atom is -0.438 e. The zero-order valence-electron chi connectivity index (χ0n) is 25.4. The first-order valence-corrected chi connectivity index (χ1v) is 17.0. The van der Waals surface area contributed by atoms with Gasteiger partial charge in [-0.25, -0.2) is 0 Å². The van der Waals surface area contributed by atoms with Gasteiger partial charge in [0.25, 0.3) is 0 Å². The topological polar surface area (TPSA) is 19.6 Å². The van der Waals surface area contributed by atoms with E-state index in [9.17, 15) is 0 Å². The van der Waals surface area contributed by atoms with Gasteiger partial charge in [0.2, 0.25) is 5.88 Å². The van der Waals surface area contributed by atoms with Gasteiger partial charge in [-0.05, 0) is 93.3 Å². The van der Waals surface area contributed by atoms with E-state index in [4.69, 9.17) is 4.42 Å². The fraction of sp³-hybridized carbons (Fsp3) is 0.0476. The molecule has 0 amide bonds. The largest absolute Gasteiger partial charge is 0.438 e. The smallest absolute Gasteiger partial charge is 0.226 e. The van der Waals surface area contributed by atoms with Gasteiger partial charge >= 0.3 is 0 Å². The van der Waals surface area contributed by atoms with Crippen molar-refractivity contribution in [3.05, 3.63) is 170 Å². The van der Waals surface area contributed by atoms with Crippen LogP contribution in [0.2, 0.25) is 0 Å². The maximum Gasteiger partial charge on any atom is 0.226 e. The third kappa shape index (κ3) is 4.39. The van der Waals surface area contributed by atoms with Crippen LogP contribution in [-0.4, -0.2) is 13.2 Å². The van der Waals surface area contributed by atoms with Crippen LogP contribution in [0.1, 0.15) is 5.56 Å². The van der Waals surface area contributed by atoms with Crippen LogP contribution < -0.4 is 25.7 Å². The van der Waals surface area contributed by atoms with E-state index in [0.717, 1.165) is 28.1 Å². The monoisotopic (exact) mass is 610 g/mol. The van der Waals surface area contributed by atoms with Crippen molar-refractivity contribution in [2.24, 2.45) is 0 Å². The van der Waals surface area contributed by atoms with Crippen LogP contribution in [0.3, 0.4) is 0 Å². The Morgan fingerprint density at radius 2 is 1.26 bits per heavy atom. The maximum absolute atomic E-state index is 6.46. The Labute approximate surface area is 270 Å². The predicted octanol–water partition coefficient (Wildman–Crippen LogP) is 9.20. The highest BCUT2D eigenvalue weighted by Gasteiger charge is 2.38. The molecule has 0 bridgehead atoms. The lowest BCUT2D eigenvalue weighted by Crippen LogP contribution is -2.38. The minimum absolute atomic E-state index is 0.0774. The lowest BCUT2D eigenvalue weighted by molar-refractivity contribution is 0.604. The molecule has 9 rings (SSSR count). The first-order valence-electron chi connectivity index (χ1n) is 15.7. The highest BCUT2D eigenvalue weighted by atomic mass is 31.1. The average Bonchev–Trinajstić information content (AvgIpc) is 3.63. The summed E-state index contributed by atoms with van der Waals surface area (Å²) in [6.45, 7) is 0. The number of para-hydroxylation sites is 1. The zero-order valence-corrected chi connectivity index (χ0v) is 26.3. The van der Waals surface area contributed by atoms with E-state index < -0.39 is 7.92 Å².